The van der Waals surface area contributed by atoms with Crippen molar-refractivity contribution in [3.05, 3.63) is 0 Å². The second kappa shape index (κ2) is 4.15. The van der Waals surface area contributed by atoms with Gasteiger partial charge in [0.2, 0.25) is 17.7 Å². The standard InChI is InChI=1S/C10H13N3O4/c1-12-5-6(2-3-8(12)15)13-9(16)4-7(14)11-10(13)17/h6H,2-5H2,1H3,(H,11,14,17). The molecule has 0 spiro atoms. The van der Waals surface area contributed by atoms with Crippen LogP contribution in [0.15, 0.2) is 0 Å². The summed E-state index contributed by atoms with van der Waals surface area (Å²) in [5.74, 6) is -1.06. The third kappa shape index (κ3) is 2.13. The highest BCUT2D eigenvalue weighted by Crippen LogP contribution is 2.18. The average molecular weight is 239 g/mol. The Morgan fingerprint density at radius 3 is 2.47 bits per heavy atom. The number of nitrogens with one attached hydrogen (secondary N) is 1. The molecule has 17 heavy (non-hydrogen) atoms. The van der Waals surface area contributed by atoms with Crippen LogP contribution < -0.4 is 5.32 Å². The second-order valence-electron chi connectivity index (χ2n) is 4.26. The number of piperidine rings is 1. The van der Waals surface area contributed by atoms with Crippen LogP contribution in [0.5, 0.6) is 0 Å². The van der Waals surface area contributed by atoms with E-state index in [9.17, 15) is 19.2 Å². The van der Waals surface area contributed by atoms with Gasteiger partial charge in [0.1, 0.15) is 6.42 Å². The van der Waals surface area contributed by atoms with E-state index in [0.29, 0.717) is 19.4 Å². The molecule has 0 aromatic heterocycles. The van der Waals surface area contributed by atoms with Crippen molar-refractivity contribution in [2.75, 3.05) is 13.6 Å². The van der Waals surface area contributed by atoms with Crippen LogP contribution in [0, 0.1) is 0 Å². The summed E-state index contributed by atoms with van der Waals surface area (Å²) in [5, 5.41) is 2.11. The van der Waals surface area contributed by atoms with Gasteiger partial charge in [-0.15, -0.1) is 0 Å². The number of carbonyl (C=O) groups is 4. The van der Waals surface area contributed by atoms with E-state index in [-0.39, 0.29) is 18.4 Å². The van der Waals surface area contributed by atoms with Gasteiger partial charge in [-0.2, -0.15) is 0 Å². The Morgan fingerprint density at radius 2 is 1.88 bits per heavy atom. The Hall–Kier alpha value is -1.92. The van der Waals surface area contributed by atoms with Gasteiger partial charge in [0.15, 0.2) is 0 Å². The molecule has 7 nitrogen and oxygen atoms in total. The Balaban J connectivity index is 2.11. The van der Waals surface area contributed by atoms with Crippen molar-refractivity contribution in [3.8, 4) is 0 Å². The van der Waals surface area contributed by atoms with E-state index in [4.69, 9.17) is 0 Å². The molecule has 5 amide bonds. The van der Waals surface area contributed by atoms with Gasteiger partial charge in [-0.25, -0.2) is 4.79 Å². The molecule has 2 heterocycles. The minimum atomic E-state index is -0.681. The number of amides is 5. The van der Waals surface area contributed by atoms with E-state index in [2.05, 4.69) is 5.32 Å². The lowest BCUT2D eigenvalue weighted by atomic mass is 10.0. The highest BCUT2D eigenvalue weighted by Gasteiger charge is 2.38. The summed E-state index contributed by atoms with van der Waals surface area (Å²) in [6, 6.07) is -1.02. The summed E-state index contributed by atoms with van der Waals surface area (Å²) in [6.07, 6.45) is 0.461. The van der Waals surface area contributed by atoms with Crippen LogP contribution in [0.4, 0.5) is 4.79 Å². The third-order valence-corrected chi connectivity index (χ3v) is 3.01. The molecule has 2 aliphatic heterocycles. The maximum absolute atomic E-state index is 11.6. The van der Waals surface area contributed by atoms with Crippen LogP contribution in [0.3, 0.4) is 0 Å². The van der Waals surface area contributed by atoms with Crippen molar-refractivity contribution >= 4 is 23.8 Å². The van der Waals surface area contributed by atoms with Crippen molar-refractivity contribution in [1.29, 1.82) is 0 Å². The molecular weight excluding hydrogens is 226 g/mol. The first-order valence-electron chi connectivity index (χ1n) is 5.39. The number of rotatable bonds is 1. The first kappa shape index (κ1) is 11.6. The number of nitrogens with zero attached hydrogens (tertiary/aromatic N) is 2. The number of imide groups is 2. The molecule has 0 aromatic rings. The monoisotopic (exact) mass is 239 g/mol. The molecule has 0 aliphatic carbocycles. The van der Waals surface area contributed by atoms with Gasteiger partial charge in [0.05, 0.1) is 6.04 Å². The van der Waals surface area contributed by atoms with Crippen LogP contribution in [0.25, 0.3) is 0 Å². The van der Waals surface area contributed by atoms with Crippen LogP contribution in [-0.4, -0.2) is 53.2 Å². The van der Waals surface area contributed by atoms with Gasteiger partial charge in [0.25, 0.3) is 0 Å². The lowest BCUT2D eigenvalue weighted by molar-refractivity contribution is -0.142. The van der Waals surface area contributed by atoms with Gasteiger partial charge in [0, 0.05) is 20.0 Å². The fourth-order valence-electron chi connectivity index (χ4n) is 2.13. The molecule has 0 radical (unpaired) electrons. The van der Waals surface area contributed by atoms with Gasteiger partial charge < -0.3 is 4.90 Å². The molecular formula is C10H13N3O4. The summed E-state index contributed by atoms with van der Waals surface area (Å²) < 4.78 is 0. The molecule has 0 saturated carbocycles. The number of urea groups is 1. The molecule has 1 unspecified atom stereocenters. The fraction of sp³-hybridized carbons (Fsp3) is 0.600. The van der Waals surface area contributed by atoms with Gasteiger partial charge in [-0.05, 0) is 6.42 Å². The largest absolute Gasteiger partial charge is 0.344 e. The quantitative estimate of drug-likeness (QED) is 0.599. The van der Waals surface area contributed by atoms with E-state index in [0.717, 1.165) is 4.90 Å². The van der Waals surface area contributed by atoms with E-state index in [1.165, 1.54) is 4.90 Å². The minimum absolute atomic E-state index is 0.00203. The van der Waals surface area contributed by atoms with Crippen LogP contribution >= 0.6 is 0 Å². The second-order valence-corrected chi connectivity index (χ2v) is 4.26. The number of carbonyl (C=O) groups excluding carboxylic acids is 4. The molecule has 0 bridgehead atoms. The average Bonchev–Trinajstić information content (AvgIpc) is 2.21. The van der Waals surface area contributed by atoms with Crippen molar-refractivity contribution in [2.24, 2.45) is 0 Å². The third-order valence-electron chi connectivity index (χ3n) is 3.01. The number of hydrogen-bond donors (Lipinski definition) is 1. The Bertz CT molecular complexity index is 386. The predicted octanol–water partition coefficient (Wildman–Crippen LogP) is -0.924. The highest BCUT2D eigenvalue weighted by molar-refractivity contribution is 6.14. The zero-order chi connectivity index (χ0) is 12.6. The van der Waals surface area contributed by atoms with Crippen molar-refractivity contribution in [1.82, 2.24) is 15.1 Å². The van der Waals surface area contributed by atoms with E-state index in [1.54, 1.807) is 7.05 Å². The summed E-state index contributed by atoms with van der Waals surface area (Å²) in [7, 11) is 1.63. The zero-order valence-electron chi connectivity index (χ0n) is 9.43. The highest BCUT2D eigenvalue weighted by atomic mass is 16.2. The Morgan fingerprint density at radius 1 is 1.18 bits per heavy atom. The van der Waals surface area contributed by atoms with E-state index in [1.807, 2.05) is 0 Å². The van der Waals surface area contributed by atoms with Gasteiger partial charge in [-0.1, -0.05) is 0 Å². The van der Waals surface area contributed by atoms with Crippen molar-refractivity contribution < 1.29 is 19.2 Å². The van der Waals surface area contributed by atoms with Crippen LogP contribution in [0.2, 0.25) is 0 Å². The zero-order valence-corrected chi connectivity index (χ0v) is 9.43. The first-order chi connectivity index (χ1) is 7.99. The first-order valence-corrected chi connectivity index (χ1v) is 5.39. The summed E-state index contributed by atoms with van der Waals surface area (Å²) in [6.45, 7) is 0.326. The number of hydrogen-bond acceptors (Lipinski definition) is 4. The topological polar surface area (TPSA) is 86.8 Å². The summed E-state index contributed by atoms with van der Waals surface area (Å²) in [4.78, 5) is 48.1. The summed E-state index contributed by atoms with van der Waals surface area (Å²) in [5.41, 5.74) is 0. The number of likely N-dealkylation sites (N-methyl/N-ethyl adjacent to an activating group) is 1. The van der Waals surface area contributed by atoms with Crippen LogP contribution in [-0.2, 0) is 14.4 Å². The van der Waals surface area contributed by atoms with Gasteiger partial charge >= 0.3 is 6.03 Å². The molecule has 2 saturated heterocycles. The Kier molecular flexibility index (Phi) is 2.83. The number of likely N-dealkylation sites (tertiary alicyclic amines) is 1. The molecule has 0 aromatic carbocycles. The Labute approximate surface area is 97.7 Å². The molecule has 2 fully saturated rings. The molecule has 2 rings (SSSR count). The minimum Gasteiger partial charge on any atom is -0.344 e. The van der Waals surface area contributed by atoms with E-state index < -0.39 is 17.8 Å². The maximum Gasteiger partial charge on any atom is 0.331 e. The summed E-state index contributed by atoms with van der Waals surface area (Å²) >= 11 is 0. The molecule has 1 atom stereocenters. The van der Waals surface area contributed by atoms with Crippen LogP contribution in [0.1, 0.15) is 19.3 Å². The number of barbiturate groups is 1. The smallest absolute Gasteiger partial charge is 0.331 e. The lowest BCUT2D eigenvalue weighted by Crippen LogP contribution is -2.60. The molecule has 92 valence electrons. The fourth-order valence-corrected chi connectivity index (χ4v) is 2.13. The van der Waals surface area contributed by atoms with E-state index >= 15 is 0 Å². The van der Waals surface area contributed by atoms with Crippen molar-refractivity contribution in [3.63, 3.8) is 0 Å². The van der Waals surface area contributed by atoms with Crippen molar-refractivity contribution in [2.45, 2.75) is 25.3 Å². The maximum atomic E-state index is 11.6. The molecule has 2 aliphatic rings. The molecule has 7 heteroatoms. The lowest BCUT2D eigenvalue weighted by Gasteiger charge is -2.37. The predicted molar refractivity (Wildman–Crippen MR) is 55.7 cm³/mol. The normalized spacial score (nSPS) is 26.3. The molecule has 1 N–H and O–H groups in total. The van der Waals surface area contributed by atoms with Gasteiger partial charge in [-0.3, -0.25) is 24.6 Å². The SMILES string of the molecule is CN1CC(N2C(=O)CC(=O)NC2=O)CCC1=O.